The van der Waals surface area contributed by atoms with Gasteiger partial charge in [0.1, 0.15) is 6.61 Å². The monoisotopic (exact) mass is 267 g/mol. The zero-order chi connectivity index (χ0) is 13.9. The van der Waals surface area contributed by atoms with E-state index in [0.29, 0.717) is 6.61 Å². The van der Waals surface area contributed by atoms with Crippen LogP contribution in [0, 0.1) is 6.92 Å². The van der Waals surface area contributed by atoms with E-state index in [1.165, 1.54) is 10.9 Å². The summed E-state index contributed by atoms with van der Waals surface area (Å²) in [6.07, 6.45) is 2.00. The summed E-state index contributed by atoms with van der Waals surface area (Å²) in [5.74, 6) is 1.51. The molecule has 0 aliphatic carbocycles. The highest BCUT2D eigenvalue weighted by atomic mass is 16.5. The molecule has 0 fully saturated rings. The number of fused-ring (bicyclic) bond motifs is 1. The van der Waals surface area contributed by atoms with Gasteiger partial charge in [-0.05, 0) is 30.7 Å². The Bertz CT molecular complexity index is 731. The summed E-state index contributed by atoms with van der Waals surface area (Å²) >= 11 is 0. The molecule has 20 heavy (non-hydrogen) atoms. The average Bonchev–Trinajstić information content (AvgIpc) is 2.87. The highest BCUT2D eigenvalue weighted by Gasteiger charge is 2.07. The van der Waals surface area contributed by atoms with Crippen LogP contribution in [-0.4, -0.2) is 12.1 Å². The van der Waals surface area contributed by atoms with E-state index in [2.05, 4.69) is 30.1 Å². The third-order valence-corrected chi connectivity index (χ3v) is 3.38. The number of aromatic amines is 1. The topological polar surface area (TPSA) is 34.2 Å². The smallest absolute Gasteiger partial charge is 0.161 e. The second-order valence-corrected chi connectivity index (χ2v) is 4.80. The van der Waals surface area contributed by atoms with Crippen LogP contribution >= 0.6 is 0 Å². The van der Waals surface area contributed by atoms with Crippen LogP contribution in [0.5, 0.6) is 11.5 Å². The maximum Gasteiger partial charge on any atom is 0.161 e. The number of rotatable bonds is 4. The van der Waals surface area contributed by atoms with Crippen molar-refractivity contribution in [3.63, 3.8) is 0 Å². The summed E-state index contributed by atoms with van der Waals surface area (Å²) in [5, 5.41) is 1.20. The van der Waals surface area contributed by atoms with Gasteiger partial charge in [0.25, 0.3) is 0 Å². The minimum Gasteiger partial charge on any atom is -0.493 e. The lowest BCUT2D eigenvalue weighted by Gasteiger charge is -2.09. The molecular formula is C17H17NO2. The fraction of sp³-hybridized carbons (Fsp3) is 0.176. The number of nitrogens with one attached hydrogen (secondary N) is 1. The van der Waals surface area contributed by atoms with E-state index in [9.17, 15) is 0 Å². The molecule has 1 aromatic heterocycles. The molecule has 0 amide bonds. The molecule has 0 aliphatic rings. The summed E-state index contributed by atoms with van der Waals surface area (Å²) in [7, 11) is 1.65. The second-order valence-electron chi connectivity index (χ2n) is 4.80. The lowest BCUT2D eigenvalue weighted by Crippen LogP contribution is -1.96. The molecular weight excluding hydrogens is 250 g/mol. The minimum atomic E-state index is 0.517. The first-order chi connectivity index (χ1) is 9.78. The Morgan fingerprint density at radius 3 is 2.65 bits per heavy atom. The predicted molar refractivity (Wildman–Crippen MR) is 80.4 cm³/mol. The van der Waals surface area contributed by atoms with Gasteiger partial charge in [-0.2, -0.15) is 0 Å². The number of para-hydroxylation sites is 2. The lowest BCUT2D eigenvalue weighted by atomic mass is 10.1. The third-order valence-electron chi connectivity index (χ3n) is 3.38. The Morgan fingerprint density at radius 2 is 1.85 bits per heavy atom. The van der Waals surface area contributed by atoms with Gasteiger partial charge in [0.2, 0.25) is 0 Å². The Labute approximate surface area is 118 Å². The van der Waals surface area contributed by atoms with Gasteiger partial charge in [-0.15, -0.1) is 0 Å². The highest BCUT2D eigenvalue weighted by molar-refractivity contribution is 5.83. The minimum absolute atomic E-state index is 0.517. The van der Waals surface area contributed by atoms with Crippen LogP contribution in [0.4, 0.5) is 0 Å². The largest absolute Gasteiger partial charge is 0.493 e. The molecule has 2 aromatic carbocycles. The van der Waals surface area contributed by atoms with Crippen LogP contribution < -0.4 is 9.47 Å². The first-order valence-electron chi connectivity index (χ1n) is 6.60. The van der Waals surface area contributed by atoms with Crippen molar-refractivity contribution < 1.29 is 9.47 Å². The van der Waals surface area contributed by atoms with Crippen molar-refractivity contribution in [2.24, 2.45) is 0 Å². The zero-order valence-corrected chi connectivity index (χ0v) is 11.6. The SMILES string of the molecule is COc1ccccc1OCc1c[nH]c2cc(C)ccc12. The highest BCUT2D eigenvalue weighted by Crippen LogP contribution is 2.28. The first-order valence-corrected chi connectivity index (χ1v) is 6.60. The number of methoxy groups -OCH3 is 1. The summed E-state index contributed by atoms with van der Waals surface area (Å²) in [6.45, 7) is 2.61. The van der Waals surface area contributed by atoms with E-state index in [-0.39, 0.29) is 0 Å². The van der Waals surface area contributed by atoms with Crippen molar-refractivity contribution in [3.8, 4) is 11.5 Å². The van der Waals surface area contributed by atoms with Crippen LogP contribution in [0.2, 0.25) is 0 Å². The molecule has 0 bridgehead atoms. The Morgan fingerprint density at radius 1 is 1.05 bits per heavy atom. The van der Waals surface area contributed by atoms with Crippen molar-refractivity contribution in [1.29, 1.82) is 0 Å². The standard InChI is InChI=1S/C17H17NO2/c1-12-7-8-14-13(10-18-15(14)9-12)11-20-17-6-4-3-5-16(17)19-2/h3-10,18H,11H2,1-2H3. The van der Waals surface area contributed by atoms with Crippen molar-refractivity contribution in [1.82, 2.24) is 4.98 Å². The number of ether oxygens (including phenoxy) is 2. The van der Waals surface area contributed by atoms with E-state index in [1.807, 2.05) is 30.5 Å². The maximum atomic E-state index is 5.87. The number of aryl methyl sites for hydroxylation is 1. The van der Waals surface area contributed by atoms with Crippen LogP contribution in [0.15, 0.2) is 48.7 Å². The molecule has 3 heteroatoms. The van der Waals surface area contributed by atoms with Gasteiger partial charge in [-0.3, -0.25) is 0 Å². The van der Waals surface area contributed by atoms with E-state index >= 15 is 0 Å². The molecule has 1 heterocycles. The number of benzene rings is 2. The maximum absolute atomic E-state index is 5.87. The van der Waals surface area contributed by atoms with Gasteiger partial charge in [0.15, 0.2) is 11.5 Å². The van der Waals surface area contributed by atoms with Crippen LogP contribution in [0.1, 0.15) is 11.1 Å². The van der Waals surface area contributed by atoms with Crippen LogP contribution in [0.25, 0.3) is 10.9 Å². The number of aromatic nitrogens is 1. The van der Waals surface area contributed by atoms with Crippen molar-refractivity contribution in [2.45, 2.75) is 13.5 Å². The molecule has 3 nitrogen and oxygen atoms in total. The molecule has 0 saturated carbocycles. The van der Waals surface area contributed by atoms with E-state index in [1.54, 1.807) is 7.11 Å². The average molecular weight is 267 g/mol. The molecule has 1 N–H and O–H groups in total. The van der Waals surface area contributed by atoms with Crippen molar-refractivity contribution in [3.05, 3.63) is 59.8 Å². The van der Waals surface area contributed by atoms with E-state index in [4.69, 9.17) is 9.47 Å². The zero-order valence-electron chi connectivity index (χ0n) is 11.6. The quantitative estimate of drug-likeness (QED) is 0.773. The third kappa shape index (κ3) is 2.35. The predicted octanol–water partition coefficient (Wildman–Crippen LogP) is 4.06. The molecule has 0 aliphatic heterocycles. The molecule has 0 atom stereocenters. The summed E-state index contributed by atoms with van der Waals surface area (Å²) in [4.78, 5) is 3.28. The first kappa shape index (κ1) is 12.6. The van der Waals surface area contributed by atoms with Gasteiger partial charge in [0.05, 0.1) is 7.11 Å². The molecule has 3 rings (SSSR count). The van der Waals surface area contributed by atoms with Crippen molar-refractivity contribution in [2.75, 3.05) is 7.11 Å². The molecule has 0 unspecified atom stereocenters. The Kier molecular flexibility index (Phi) is 3.33. The number of hydrogen-bond donors (Lipinski definition) is 1. The normalized spacial score (nSPS) is 10.7. The summed E-state index contributed by atoms with van der Waals surface area (Å²) < 4.78 is 11.2. The van der Waals surface area contributed by atoms with Crippen molar-refractivity contribution >= 4 is 10.9 Å². The molecule has 0 spiro atoms. The number of hydrogen-bond acceptors (Lipinski definition) is 2. The Hall–Kier alpha value is -2.42. The fourth-order valence-corrected chi connectivity index (χ4v) is 2.31. The van der Waals surface area contributed by atoms with Crippen LogP contribution in [0.3, 0.4) is 0 Å². The van der Waals surface area contributed by atoms with Gasteiger partial charge in [0, 0.05) is 22.7 Å². The van der Waals surface area contributed by atoms with E-state index < -0.39 is 0 Å². The fourth-order valence-electron chi connectivity index (χ4n) is 2.31. The van der Waals surface area contributed by atoms with Crippen LogP contribution in [-0.2, 0) is 6.61 Å². The molecule has 0 radical (unpaired) electrons. The van der Waals surface area contributed by atoms with E-state index in [0.717, 1.165) is 22.6 Å². The molecule has 0 saturated heterocycles. The second kappa shape index (κ2) is 5.29. The lowest BCUT2D eigenvalue weighted by molar-refractivity contribution is 0.285. The van der Waals surface area contributed by atoms with Gasteiger partial charge in [-0.1, -0.05) is 24.3 Å². The van der Waals surface area contributed by atoms with Gasteiger partial charge in [-0.25, -0.2) is 0 Å². The Balaban J connectivity index is 1.83. The van der Waals surface area contributed by atoms with Gasteiger partial charge < -0.3 is 14.5 Å². The molecule has 3 aromatic rings. The summed E-state index contributed by atoms with van der Waals surface area (Å²) in [6, 6.07) is 14.1. The number of H-pyrrole nitrogens is 1. The summed E-state index contributed by atoms with van der Waals surface area (Å²) in [5.41, 5.74) is 3.53. The molecule has 102 valence electrons. The van der Waals surface area contributed by atoms with Gasteiger partial charge >= 0.3 is 0 Å².